The largest absolute Gasteiger partial charge is 0.334 e. The highest BCUT2D eigenvalue weighted by Crippen LogP contribution is 2.24. The first-order valence-corrected chi connectivity index (χ1v) is 7.18. The molecule has 1 heterocycles. The van der Waals surface area contributed by atoms with Crippen LogP contribution in [0.5, 0.6) is 0 Å². The number of hydrogen-bond acceptors (Lipinski definition) is 3. The molecule has 0 aliphatic carbocycles. The summed E-state index contributed by atoms with van der Waals surface area (Å²) in [5.41, 5.74) is 1.66. The summed E-state index contributed by atoms with van der Waals surface area (Å²) in [6.45, 7) is 5.65. The molecule has 0 unspecified atom stereocenters. The van der Waals surface area contributed by atoms with Gasteiger partial charge in [0.05, 0.1) is 16.7 Å². The number of thiazole rings is 1. The first kappa shape index (κ1) is 14.7. The number of aryl methyl sites for hydroxylation is 2. The van der Waals surface area contributed by atoms with Crippen LogP contribution >= 0.6 is 11.3 Å². The van der Waals surface area contributed by atoms with E-state index < -0.39 is 0 Å². The van der Waals surface area contributed by atoms with Crippen molar-refractivity contribution in [1.82, 2.24) is 9.88 Å². The van der Waals surface area contributed by atoms with Crippen LogP contribution < -0.4 is 0 Å². The zero-order valence-electron chi connectivity index (χ0n) is 12.0. The van der Waals surface area contributed by atoms with E-state index in [0.29, 0.717) is 4.88 Å². The average Bonchev–Trinajstić information content (AvgIpc) is 2.76. The Morgan fingerprint density at radius 3 is 2.40 bits per heavy atom. The van der Waals surface area contributed by atoms with E-state index in [0.717, 1.165) is 16.3 Å². The molecule has 0 fully saturated rings. The summed E-state index contributed by atoms with van der Waals surface area (Å²) in [5.74, 6) is -0.325. The molecule has 0 saturated carbocycles. The number of benzene rings is 1. The molecule has 0 spiro atoms. The highest BCUT2D eigenvalue weighted by molar-refractivity contribution is 7.13. The monoisotopic (exact) mass is 292 g/mol. The van der Waals surface area contributed by atoms with Gasteiger partial charge in [-0.2, -0.15) is 0 Å². The van der Waals surface area contributed by atoms with E-state index in [4.69, 9.17) is 0 Å². The molecular formula is C15H17FN2OS. The summed E-state index contributed by atoms with van der Waals surface area (Å²) in [6, 6.07) is 6.10. The number of carbonyl (C=O) groups is 1. The van der Waals surface area contributed by atoms with Crippen molar-refractivity contribution >= 4 is 17.2 Å². The highest BCUT2D eigenvalue weighted by Gasteiger charge is 2.22. The van der Waals surface area contributed by atoms with Gasteiger partial charge in [-0.3, -0.25) is 4.79 Å². The second-order valence-corrected chi connectivity index (χ2v) is 5.99. The van der Waals surface area contributed by atoms with Crippen molar-refractivity contribution in [3.05, 3.63) is 51.2 Å². The maximum atomic E-state index is 12.9. The van der Waals surface area contributed by atoms with Crippen LogP contribution in [0.1, 0.15) is 38.9 Å². The third kappa shape index (κ3) is 2.88. The molecule has 5 heteroatoms. The standard InChI is InChI=1S/C15H17FN2OS/c1-9-14(20-11(3)17-9)15(19)18(4)10(2)12-5-7-13(16)8-6-12/h5-8,10H,1-4H3/t10-/m1/s1. The lowest BCUT2D eigenvalue weighted by molar-refractivity contribution is 0.0746. The predicted octanol–water partition coefficient (Wildman–Crippen LogP) is 3.73. The summed E-state index contributed by atoms with van der Waals surface area (Å²) < 4.78 is 12.9. The lowest BCUT2D eigenvalue weighted by Gasteiger charge is -2.25. The zero-order chi connectivity index (χ0) is 14.9. The molecular weight excluding hydrogens is 275 g/mol. The Balaban J connectivity index is 2.22. The number of nitrogens with zero attached hydrogens (tertiary/aromatic N) is 2. The van der Waals surface area contributed by atoms with Crippen LogP contribution in [-0.2, 0) is 0 Å². The number of aromatic nitrogens is 1. The summed E-state index contributed by atoms with van der Waals surface area (Å²) in [6.07, 6.45) is 0. The molecule has 106 valence electrons. The van der Waals surface area contributed by atoms with Crippen LogP contribution in [-0.4, -0.2) is 22.8 Å². The molecule has 0 aliphatic heterocycles. The van der Waals surface area contributed by atoms with Crippen molar-refractivity contribution in [2.45, 2.75) is 26.8 Å². The van der Waals surface area contributed by atoms with Gasteiger partial charge in [0.2, 0.25) is 0 Å². The van der Waals surface area contributed by atoms with Gasteiger partial charge >= 0.3 is 0 Å². The third-order valence-corrected chi connectivity index (χ3v) is 4.41. The fourth-order valence-corrected chi connectivity index (χ4v) is 2.93. The molecule has 0 N–H and O–H groups in total. The molecule has 1 aromatic heterocycles. The van der Waals surface area contributed by atoms with Crippen LogP contribution in [0.25, 0.3) is 0 Å². The minimum Gasteiger partial charge on any atom is -0.334 e. The van der Waals surface area contributed by atoms with Gasteiger partial charge in [0.1, 0.15) is 10.7 Å². The lowest BCUT2D eigenvalue weighted by atomic mass is 10.1. The Hall–Kier alpha value is -1.75. The predicted molar refractivity (Wildman–Crippen MR) is 78.5 cm³/mol. The van der Waals surface area contributed by atoms with E-state index in [2.05, 4.69) is 4.98 Å². The van der Waals surface area contributed by atoms with Crippen LogP contribution in [0.4, 0.5) is 4.39 Å². The number of hydrogen-bond donors (Lipinski definition) is 0. The Bertz CT molecular complexity index is 621. The number of carbonyl (C=O) groups excluding carboxylic acids is 1. The summed E-state index contributed by atoms with van der Waals surface area (Å²) in [4.78, 5) is 19.1. The zero-order valence-corrected chi connectivity index (χ0v) is 12.8. The van der Waals surface area contributed by atoms with Crippen LogP contribution in [0, 0.1) is 19.7 Å². The molecule has 3 nitrogen and oxygen atoms in total. The van der Waals surface area contributed by atoms with Crippen molar-refractivity contribution in [3.63, 3.8) is 0 Å². The van der Waals surface area contributed by atoms with Crippen molar-refractivity contribution in [2.24, 2.45) is 0 Å². The Labute approximate surface area is 122 Å². The quantitative estimate of drug-likeness (QED) is 0.863. The van der Waals surface area contributed by atoms with E-state index in [1.54, 1.807) is 24.1 Å². The summed E-state index contributed by atoms with van der Waals surface area (Å²) in [5, 5.41) is 0.883. The fourth-order valence-electron chi connectivity index (χ4n) is 2.03. The summed E-state index contributed by atoms with van der Waals surface area (Å²) >= 11 is 1.40. The van der Waals surface area contributed by atoms with Crippen molar-refractivity contribution in [2.75, 3.05) is 7.05 Å². The smallest absolute Gasteiger partial charge is 0.266 e. The molecule has 2 rings (SSSR count). The molecule has 0 saturated heterocycles. The fraction of sp³-hybridized carbons (Fsp3) is 0.333. The number of halogens is 1. The molecule has 0 aliphatic rings. The van der Waals surface area contributed by atoms with Gasteiger partial charge in [-0.1, -0.05) is 12.1 Å². The SMILES string of the molecule is Cc1nc(C)c(C(=O)N(C)[C@H](C)c2ccc(F)cc2)s1. The topological polar surface area (TPSA) is 33.2 Å². The van der Waals surface area contributed by atoms with Gasteiger partial charge < -0.3 is 4.90 Å². The highest BCUT2D eigenvalue weighted by atomic mass is 32.1. The van der Waals surface area contributed by atoms with Gasteiger partial charge in [-0.05, 0) is 38.5 Å². The van der Waals surface area contributed by atoms with E-state index in [1.807, 2.05) is 20.8 Å². The van der Waals surface area contributed by atoms with Crippen molar-refractivity contribution in [3.8, 4) is 0 Å². The summed E-state index contributed by atoms with van der Waals surface area (Å²) in [7, 11) is 1.75. The van der Waals surface area contributed by atoms with Gasteiger partial charge in [-0.15, -0.1) is 11.3 Å². The van der Waals surface area contributed by atoms with E-state index in [9.17, 15) is 9.18 Å². The van der Waals surface area contributed by atoms with Crippen molar-refractivity contribution in [1.29, 1.82) is 0 Å². The number of rotatable bonds is 3. The lowest BCUT2D eigenvalue weighted by Crippen LogP contribution is -2.29. The Morgan fingerprint density at radius 1 is 1.30 bits per heavy atom. The van der Waals surface area contributed by atoms with E-state index in [1.165, 1.54) is 23.5 Å². The van der Waals surface area contributed by atoms with Gasteiger partial charge in [-0.25, -0.2) is 9.37 Å². The second kappa shape index (κ2) is 5.71. The maximum absolute atomic E-state index is 12.9. The van der Waals surface area contributed by atoms with E-state index >= 15 is 0 Å². The van der Waals surface area contributed by atoms with Crippen LogP contribution in [0.15, 0.2) is 24.3 Å². The first-order chi connectivity index (χ1) is 9.40. The minimum absolute atomic E-state index is 0.0510. The minimum atomic E-state index is -0.274. The van der Waals surface area contributed by atoms with Crippen LogP contribution in [0.2, 0.25) is 0 Å². The van der Waals surface area contributed by atoms with Gasteiger partial charge in [0.15, 0.2) is 0 Å². The van der Waals surface area contributed by atoms with Gasteiger partial charge in [0, 0.05) is 7.05 Å². The molecule has 1 atom stereocenters. The molecule has 1 amide bonds. The second-order valence-electron chi connectivity index (χ2n) is 4.79. The Kier molecular flexibility index (Phi) is 4.18. The number of amides is 1. The molecule has 1 aromatic carbocycles. The van der Waals surface area contributed by atoms with Crippen molar-refractivity contribution < 1.29 is 9.18 Å². The Morgan fingerprint density at radius 2 is 1.90 bits per heavy atom. The normalized spacial score (nSPS) is 12.2. The third-order valence-electron chi connectivity index (χ3n) is 3.35. The van der Waals surface area contributed by atoms with Gasteiger partial charge in [0.25, 0.3) is 5.91 Å². The first-order valence-electron chi connectivity index (χ1n) is 6.36. The van der Waals surface area contributed by atoms with Crippen LogP contribution in [0.3, 0.4) is 0 Å². The van der Waals surface area contributed by atoms with E-state index in [-0.39, 0.29) is 17.8 Å². The molecule has 0 radical (unpaired) electrons. The molecule has 20 heavy (non-hydrogen) atoms. The molecule has 0 bridgehead atoms. The average molecular weight is 292 g/mol. The molecule has 2 aromatic rings. The maximum Gasteiger partial charge on any atom is 0.266 e.